The zero-order chi connectivity index (χ0) is 24.9. The third kappa shape index (κ3) is 6.95. The van der Waals surface area contributed by atoms with Crippen molar-refractivity contribution < 1.29 is 19.4 Å². The first-order valence-corrected chi connectivity index (χ1v) is 12.0. The number of anilines is 1. The van der Waals surface area contributed by atoms with Gasteiger partial charge < -0.3 is 24.8 Å². The first kappa shape index (κ1) is 27.0. The van der Waals surface area contributed by atoms with Gasteiger partial charge in [-0.05, 0) is 30.3 Å². The number of alkyl halides is 3. The van der Waals surface area contributed by atoms with Crippen molar-refractivity contribution in [2.45, 2.75) is 35.8 Å². The van der Waals surface area contributed by atoms with Crippen molar-refractivity contribution >= 4 is 46.4 Å². The van der Waals surface area contributed by atoms with Crippen LogP contribution in [0.15, 0.2) is 61.2 Å². The maximum absolute atomic E-state index is 11.9. The summed E-state index contributed by atoms with van der Waals surface area (Å²) in [6, 6.07) is 14.8. The van der Waals surface area contributed by atoms with Crippen molar-refractivity contribution in [1.29, 1.82) is 0 Å². The van der Waals surface area contributed by atoms with E-state index in [9.17, 15) is 9.90 Å². The molecule has 1 saturated heterocycles. The molecule has 0 radical (unpaired) electrons. The molecule has 3 rings (SSSR count). The summed E-state index contributed by atoms with van der Waals surface area (Å²) in [5.41, 5.74) is 3.14. The molecule has 1 amide bonds. The van der Waals surface area contributed by atoms with Gasteiger partial charge in [-0.15, -0.1) is 6.58 Å². The third-order valence-electron chi connectivity index (χ3n) is 5.75. The number of benzene rings is 2. The molecule has 0 aromatic heterocycles. The van der Waals surface area contributed by atoms with Crippen LogP contribution >= 0.6 is 34.8 Å². The Bertz CT molecular complexity index is 964. The molecule has 4 atom stereocenters. The van der Waals surface area contributed by atoms with Gasteiger partial charge in [0.05, 0.1) is 18.8 Å². The van der Waals surface area contributed by atoms with Gasteiger partial charge in [0.1, 0.15) is 0 Å². The molecule has 0 bridgehead atoms. The molecule has 0 spiro atoms. The van der Waals surface area contributed by atoms with E-state index in [2.05, 4.69) is 23.7 Å². The molecule has 0 saturated carbocycles. The first-order valence-electron chi connectivity index (χ1n) is 10.9. The number of hydrogen-bond acceptors (Lipinski definition) is 5. The SMILES string of the molecule is C=CCN(C)CC1OC(c2ccc(NC(=O)C(Cl)(Cl)Cl)cc2)OC(c2ccc(CO)cc2)C1C. The number of nitrogens with one attached hydrogen (secondary N) is 1. The minimum atomic E-state index is -2.05. The Morgan fingerprint density at radius 1 is 1.12 bits per heavy atom. The van der Waals surface area contributed by atoms with Gasteiger partial charge in [0, 0.05) is 30.3 Å². The third-order valence-corrected chi connectivity index (χ3v) is 6.27. The predicted molar refractivity (Wildman–Crippen MR) is 136 cm³/mol. The highest BCUT2D eigenvalue weighted by atomic mass is 35.6. The van der Waals surface area contributed by atoms with Crippen molar-refractivity contribution in [3.8, 4) is 0 Å². The highest BCUT2D eigenvalue weighted by Crippen LogP contribution is 2.42. The molecule has 6 nitrogen and oxygen atoms in total. The summed E-state index contributed by atoms with van der Waals surface area (Å²) in [7, 11) is 2.02. The number of halogens is 3. The standard InChI is InChI=1S/C25H29Cl3N2O4/c1-4-13-30(3)14-21-16(2)22(18-7-5-17(15-31)6-8-18)34-23(33-21)19-9-11-20(12-10-19)29-24(32)25(26,27)28/h4-12,16,21-23,31H,1,13-15H2,2-3H3,(H,29,32). The van der Waals surface area contributed by atoms with Crippen LogP contribution in [0.3, 0.4) is 0 Å². The van der Waals surface area contributed by atoms with Gasteiger partial charge in [-0.2, -0.15) is 0 Å². The molecule has 0 aliphatic carbocycles. The Hall–Kier alpha value is -1.64. The number of ether oxygens (including phenoxy) is 2. The monoisotopic (exact) mass is 526 g/mol. The van der Waals surface area contributed by atoms with Gasteiger partial charge >= 0.3 is 0 Å². The number of aliphatic hydroxyl groups is 1. The van der Waals surface area contributed by atoms with E-state index in [-0.39, 0.29) is 24.7 Å². The van der Waals surface area contributed by atoms with Crippen LogP contribution in [0.1, 0.15) is 36.0 Å². The summed E-state index contributed by atoms with van der Waals surface area (Å²) in [5.74, 6) is -0.660. The summed E-state index contributed by atoms with van der Waals surface area (Å²) in [6.07, 6.45) is 0.933. The van der Waals surface area contributed by atoms with E-state index in [1.807, 2.05) is 49.5 Å². The highest BCUT2D eigenvalue weighted by Gasteiger charge is 2.38. The van der Waals surface area contributed by atoms with Crippen LogP contribution in [0, 0.1) is 5.92 Å². The Kier molecular flexibility index (Phi) is 9.41. The number of nitrogens with zero attached hydrogens (tertiary/aromatic N) is 1. The molecule has 1 aliphatic rings. The van der Waals surface area contributed by atoms with E-state index >= 15 is 0 Å². The van der Waals surface area contributed by atoms with E-state index in [0.717, 1.165) is 23.2 Å². The Balaban J connectivity index is 1.83. The van der Waals surface area contributed by atoms with Gasteiger partial charge in [-0.1, -0.05) is 84.2 Å². The van der Waals surface area contributed by atoms with Gasteiger partial charge in [0.15, 0.2) is 6.29 Å². The van der Waals surface area contributed by atoms with Crippen LogP contribution in [0.25, 0.3) is 0 Å². The molecule has 9 heteroatoms. The molecule has 184 valence electrons. The maximum Gasteiger partial charge on any atom is 0.276 e. The topological polar surface area (TPSA) is 71.0 Å². The molecule has 34 heavy (non-hydrogen) atoms. The molecular weight excluding hydrogens is 499 g/mol. The molecule has 2 aromatic rings. The number of carbonyl (C=O) groups excluding carboxylic acids is 1. The summed E-state index contributed by atoms with van der Waals surface area (Å²) in [5, 5.41) is 11.9. The van der Waals surface area contributed by atoms with E-state index in [1.54, 1.807) is 12.1 Å². The summed E-state index contributed by atoms with van der Waals surface area (Å²) < 4.78 is 10.8. The van der Waals surface area contributed by atoms with Gasteiger partial charge in [0.25, 0.3) is 9.70 Å². The largest absolute Gasteiger partial charge is 0.392 e. The van der Waals surface area contributed by atoms with Crippen LogP contribution in [0.5, 0.6) is 0 Å². The zero-order valence-corrected chi connectivity index (χ0v) is 21.4. The number of carbonyl (C=O) groups is 1. The van der Waals surface area contributed by atoms with Crippen molar-refractivity contribution in [2.75, 3.05) is 25.5 Å². The first-order chi connectivity index (χ1) is 16.1. The van der Waals surface area contributed by atoms with Gasteiger partial charge in [0.2, 0.25) is 0 Å². The lowest BCUT2D eigenvalue weighted by atomic mass is 9.90. The van der Waals surface area contributed by atoms with Crippen molar-refractivity contribution in [1.82, 2.24) is 4.90 Å². The Labute approximate surface area is 215 Å². The summed E-state index contributed by atoms with van der Waals surface area (Å²) in [4.78, 5) is 14.1. The quantitative estimate of drug-likeness (QED) is 0.355. The fourth-order valence-corrected chi connectivity index (χ4v) is 4.00. The van der Waals surface area contributed by atoms with Crippen LogP contribution in [-0.4, -0.2) is 45.9 Å². The second-order valence-corrected chi connectivity index (χ2v) is 10.7. The molecule has 4 unspecified atom stereocenters. The van der Waals surface area contributed by atoms with Crippen molar-refractivity contribution in [3.05, 3.63) is 77.9 Å². The summed E-state index contributed by atoms with van der Waals surface area (Å²) >= 11 is 16.9. The lowest BCUT2D eigenvalue weighted by Gasteiger charge is -2.42. The van der Waals surface area contributed by atoms with E-state index in [1.165, 1.54) is 0 Å². The van der Waals surface area contributed by atoms with Crippen LogP contribution in [0.4, 0.5) is 5.69 Å². The van der Waals surface area contributed by atoms with Gasteiger partial charge in [-0.25, -0.2) is 0 Å². The number of aliphatic hydroxyl groups excluding tert-OH is 1. The van der Waals surface area contributed by atoms with Gasteiger partial charge in [-0.3, -0.25) is 4.79 Å². The average Bonchev–Trinajstić information content (AvgIpc) is 2.80. The molecular formula is C25H29Cl3N2O4. The molecule has 2 aromatic carbocycles. The van der Waals surface area contributed by atoms with Crippen LogP contribution < -0.4 is 5.32 Å². The lowest BCUT2D eigenvalue weighted by Crippen LogP contribution is -2.43. The minimum Gasteiger partial charge on any atom is -0.392 e. The molecule has 1 aliphatic heterocycles. The molecule has 2 N–H and O–H groups in total. The molecule has 1 heterocycles. The fraction of sp³-hybridized carbons (Fsp3) is 0.400. The number of amides is 1. The minimum absolute atomic E-state index is 0.0107. The number of likely N-dealkylation sites (N-methyl/N-ethyl adjacent to an activating group) is 1. The fourth-order valence-electron chi connectivity index (χ4n) is 3.86. The normalized spacial score (nSPS) is 23.0. The van der Waals surface area contributed by atoms with E-state index in [0.29, 0.717) is 12.2 Å². The van der Waals surface area contributed by atoms with Crippen molar-refractivity contribution in [3.63, 3.8) is 0 Å². The number of rotatable bonds is 8. The van der Waals surface area contributed by atoms with E-state index < -0.39 is 16.0 Å². The zero-order valence-electron chi connectivity index (χ0n) is 19.1. The highest BCUT2D eigenvalue weighted by molar-refractivity contribution is 6.76. The van der Waals surface area contributed by atoms with Crippen molar-refractivity contribution in [2.24, 2.45) is 5.92 Å². The second-order valence-electron chi connectivity index (χ2n) is 8.41. The maximum atomic E-state index is 11.9. The van der Waals surface area contributed by atoms with Crippen LogP contribution in [0.2, 0.25) is 0 Å². The smallest absolute Gasteiger partial charge is 0.276 e. The number of hydrogen-bond donors (Lipinski definition) is 2. The predicted octanol–water partition coefficient (Wildman–Crippen LogP) is 5.40. The Morgan fingerprint density at radius 2 is 1.74 bits per heavy atom. The average molecular weight is 528 g/mol. The second kappa shape index (κ2) is 11.9. The Morgan fingerprint density at radius 3 is 2.29 bits per heavy atom. The summed E-state index contributed by atoms with van der Waals surface area (Å²) in [6.45, 7) is 7.36. The van der Waals surface area contributed by atoms with Crippen LogP contribution in [-0.2, 0) is 20.9 Å². The lowest BCUT2D eigenvalue weighted by molar-refractivity contribution is -0.275. The molecule has 1 fully saturated rings. The van der Waals surface area contributed by atoms with E-state index in [4.69, 9.17) is 44.3 Å².